The number of thioether (sulfide) groups is 1. The number of carbonyl (C=O) groups is 2. The maximum atomic E-state index is 12.4. The highest BCUT2D eigenvalue weighted by Gasteiger charge is 2.32. The largest absolute Gasteiger partial charge is 0.480 e. The van der Waals surface area contributed by atoms with Gasteiger partial charge in [-0.15, -0.1) is 0 Å². The molecule has 102 valence electrons. The molecule has 0 saturated carbocycles. The van der Waals surface area contributed by atoms with Crippen LogP contribution in [0.3, 0.4) is 0 Å². The van der Waals surface area contributed by atoms with E-state index in [0.29, 0.717) is 22.9 Å². The van der Waals surface area contributed by atoms with E-state index in [-0.39, 0.29) is 5.91 Å². The van der Waals surface area contributed by atoms with Crippen LogP contribution in [0.4, 0.5) is 0 Å². The summed E-state index contributed by atoms with van der Waals surface area (Å²) >= 11 is 7.49. The molecule has 1 unspecified atom stereocenters. The van der Waals surface area contributed by atoms with E-state index in [0.717, 1.165) is 11.3 Å². The topological polar surface area (TPSA) is 57.6 Å². The van der Waals surface area contributed by atoms with E-state index in [1.165, 1.54) is 4.90 Å². The standard InChI is InChI=1S/C13H14ClNO3S/c1-8-6-9(2-3-10(8)14)12(16)15-4-5-19-7-11(15)13(17)18/h2-3,6,11H,4-5,7H2,1H3,(H,17,18). The molecule has 2 rings (SSSR count). The minimum Gasteiger partial charge on any atom is -0.480 e. The molecule has 1 amide bonds. The molecule has 0 aliphatic carbocycles. The third-order valence-electron chi connectivity index (χ3n) is 3.08. The maximum Gasteiger partial charge on any atom is 0.327 e. The van der Waals surface area contributed by atoms with Gasteiger partial charge >= 0.3 is 5.97 Å². The highest BCUT2D eigenvalue weighted by molar-refractivity contribution is 7.99. The van der Waals surface area contributed by atoms with E-state index in [1.54, 1.807) is 30.0 Å². The molecule has 1 saturated heterocycles. The first-order valence-electron chi connectivity index (χ1n) is 5.88. The molecule has 1 aromatic carbocycles. The van der Waals surface area contributed by atoms with E-state index >= 15 is 0 Å². The van der Waals surface area contributed by atoms with Crippen LogP contribution in [0.25, 0.3) is 0 Å². The number of hydrogen-bond donors (Lipinski definition) is 1. The van der Waals surface area contributed by atoms with Gasteiger partial charge in [-0.2, -0.15) is 11.8 Å². The van der Waals surface area contributed by atoms with Gasteiger partial charge in [0.2, 0.25) is 0 Å². The van der Waals surface area contributed by atoms with E-state index < -0.39 is 12.0 Å². The Balaban J connectivity index is 2.26. The molecule has 1 aliphatic rings. The summed E-state index contributed by atoms with van der Waals surface area (Å²) in [6.07, 6.45) is 0. The number of amides is 1. The molecule has 1 N–H and O–H groups in total. The van der Waals surface area contributed by atoms with Gasteiger partial charge in [0.15, 0.2) is 0 Å². The zero-order valence-corrected chi connectivity index (χ0v) is 12.0. The van der Waals surface area contributed by atoms with E-state index in [9.17, 15) is 14.7 Å². The van der Waals surface area contributed by atoms with Crippen LogP contribution in [0, 0.1) is 6.92 Å². The second kappa shape index (κ2) is 5.84. The highest BCUT2D eigenvalue weighted by Crippen LogP contribution is 2.22. The Kier molecular flexibility index (Phi) is 4.37. The number of nitrogens with zero attached hydrogens (tertiary/aromatic N) is 1. The van der Waals surface area contributed by atoms with Gasteiger partial charge in [0.05, 0.1) is 0 Å². The number of hydrogen-bond acceptors (Lipinski definition) is 3. The fourth-order valence-corrected chi connectivity index (χ4v) is 3.15. The van der Waals surface area contributed by atoms with Gasteiger partial charge in [-0.1, -0.05) is 11.6 Å². The van der Waals surface area contributed by atoms with Crippen LogP contribution < -0.4 is 0 Å². The van der Waals surface area contributed by atoms with Crippen molar-refractivity contribution in [1.29, 1.82) is 0 Å². The molecular formula is C13H14ClNO3S. The summed E-state index contributed by atoms with van der Waals surface area (Å²) in [5.41, 5.74) is 1.30. The fourth-order valence-electron chi connectivity index (χ4n) is 1.99. The molecule has 0 spiro atoms. The number of halogens is 1. The quantitative estimate of drug-likeness (QED) is 0.910. The van der Waals surface area contributed by atoms with Crippen LogP contribution in [0.15, 0.2) is 18.2 Å². The maximum absolute atomic E-state index is 12.4. The van der Waals surface area contributed by atoms with E-state index in [2.05, 4.69) is 0 Å². The van der Waals surface area contributed by atoms with Crippen LogP contribution in [0.1, 0.15) is 15.9 Å². The third kappa shape index (κ3) is 3.04. The number of carboxylic acid groups (broad SMARTS) is 1. The lowest BCUT2D eigenvalue weighted by Gasteiger charge is -2.32. The van der Waals surface area contributed by atoms with Crippen molar-refractivity contribution in [3.05, 3.63) is 34.3 Å². The average molecular weight is 300 g/mol. The molecule has 1 fully saturated rings. The van der Waals surface area contributed by atoms with Crippen molar-refractivity contribution < 1.29 is 14.7 Å². The predicted octanol–water partition coefficient (Wildman–Crippen LogP) is 2.29. The van der Waals surface area contributed by atoms with Crippen LogP contribution in [0.2, 0.25) is 5.02 Å². The van der Waals surface area contributed by atoms with Crippen molar-refractivity contribution in [2.75, 3.05) is 18.1 Å². The first-order valence-corrected chi connectivity index (χ1v) is 7.41. The first kappa shape index (κ1) is 14.2. The molecule has 1 heterocycles. The Morgan fingerprint density at radius 1 is 1.47 bits per heavy atom. The van der Waals surface area contributed by atoms with Gasteiger partial charge in [-0.25, -0.2) is 4.79 Å². The zero-order valence-electron chi connectivity index (χ0n) is 10.4. The summed E-state index contributed by atoms with van der Waals surface area (Å²) in [5.74, 6) is 0.00846. The number of rotatable bonds is 2. The minimum absolute atomic E-state index is 0.243. The zero-order chi connectivity index (χ0) is 14.0. The summed E-state index contributed by atoms with van der Waals surface area (Å²) in [6, 6.07) is 4.25. The molecular weight excluding hydrogens is 286 g/mol. The van der Waals surface area contributed by atoms with Gasteiger partial charge in [0.1, 0.15) is 6.04 Å². The van der Waals surface area contributed by atoms with Crippen molar-refractivity contribution >= 4 is 35.2 Å². The Morgan fingerprint density at radius 2 is 2.21 bits per heavy atom. The summed E-state index contributed by atoms with van der Waals surface area (Å²) in [5, 5.41) is 9.77. The lowest BCUT2D eigenvalue weighted by molar-refractivity contribution is -0.141. The van der Waals surface area contributed by atoms with Crippen LogP contribution in [-0.4, -0.2) is 46.0 Å². The summed E-state index contributed by atoms with van der Waals surface area (Å²) in [6.45, 7) is 2.28. The summed E-state index contributed by atoms with van der Waals surface area (Å²) in [4.78, 5) is 25.0. The van der Waals surface area contributed by atoms with Gasteiger partial charge in [0, 0.05) is 28.6 Å². The Hall–Kier alpha value is -1.20. The number of aryl methyl sites for hydroxylation is 1. The molecule has 1 aromatic rings. The molecule has 0 bridgehead atoms. The van der Waals surface area contributed by atoms with Crippen LogP contribution >= 0.6 is 23.4 Å². The summed E-state index contributed by atoms with van der Waals surface area (Å²) in [7, 11) is 0. The average Bonchev–Trinajstić information content (AvgIpc) is 2.41. The van der Waals surface area contributed by atoms with Crippen molar-refractivity contribution in [2.24, 2.45) is 0 Å². The van der Waals surface area contributed by atoms with Crippen molar-refractivity contribution in [3.63, 3.8) is 0 Å². The van der Waals surface area contributed by atoms with Gasteiger partial charge in [-0.3, -0.25) is 4.79 Å². The number of benzene rings is 1. The Bertz CT molecular complexity index is 521. The van der Waals surface area contributed by atoms with Gasteiger partial charge in [-0.05, 0) is 30.7 Å². The molecule has 0 aromatic heterocycles. The van der Waals surface area contributed by atoms with E-state index in [4.69, 9.17) is 11.6 Å². The minimum atomic E-state index is -0.953. The Morgan fingerprint density at radius 3 is 2.84 bits per heavy atom. The number of aliphatic carboxylic acids is 1. The van der Waals surface area contributed by atoms with Crippen LogP contribution in [0.5, 0.6) is 0 Å². The second-order valence-electron chi connectivity index (χ2n) is 4.39. The number of carboxylic acids is 1. The molecule has 6 heteroatoms. The second-order valence-corrected chi connectivity index (χ2v) is 5.95. The predicted molar refractivity (Wildman–Crippen MR) is 76.0 cm³/mol. The van der Waals surface area contributed by atoms with E-state index in [1.807, 2.05) is 6.92 Å². The molecule has 1 atom stereocenters. The lowest BCUT2D eigenvalue weighted by Crippen LogP contribution is -2.50. The number of carbonyl (C=O) groups excluding carboxylic acids is 1. The smallest absolute Gasteiger partial charge is 0.327 e. The Labute approximate surface area is 120 Å². The fraction of sp³-hybridized carbons (Fsp3) is 0.385. The summed E-state index contributed by atoms with van der Waals surface area (Å²) < 4.78 is 0. The van der Waals surface area contributed by atoms with Crippen molar-refractivity contribution in [3.8, 4) is 0 Å². The van der Waals surface area contributed by atoms with Gasteiger partial charge in [0.25, 0.3) is 5.91 Å². The SMILES string of the molecule is Cc1cc(C(=O)N2CCSCC2C(=O)O)ccc1Cl. The molecule has 1 aliphatic heterocycles. The third-order valence-corrected chi connectivity index (χ3v) is 4.53. The van der Waals surface area contributed by atoms with Gasteiger partial charge < -0.3 is 10.0 Å². The molecule has 19 heavy (non-hydrogen) atoms. The molecule has 4 nitrogen and oxygen atoms in total. The monoisotopic (exact) mass is 299 g/mol. The van der Waals surface area contributed by atoms with Crippen LogP contribution in [-0.2, 0) is 4.79 Å². The molecule has 0 radical (unpaired) electrons. The highest BCUT2D eigenvalue weighted by atomic mass is 35.5. The first-order chi connectivity index (χ1) is 9.00. The van der Waals surface area contributed by atoms with Crippen molar-refractivity contribution in [1.82, 2.24) is 4.90 Å². The van der Waals surface area contributed by atoms with Crippen molar-refractivity contribution in [2.45, 2.75) is 13.0 Å². The normalized spacial score (nSPS) is 19.3. The lowest BCUT2D eigenvalue weighted by atomic mass is 10.1.